The molecule has 2 aliphatic rings. The lowest BCUT2D eigenvalue weighted by molar-refractivity contribution is 0.0940. The minimum absolute atomic E-state index is 0.0516. The lowest BCUT2D eigenvalue weighted by Gasteiger charge is -2.25. The number of aromatic nitrogens is 3. The molecule has 0 bridgehead atoms. The highest BCUT2D eigenvalue weighted by atomic mass is 16.5. The topological polar surface area (TPSA) is 69.0 Å². The van der Waals surface area contributed by atoms with Crippen LogP contribution in [-0.2, 0) is 13.5 Å². The van der Waals surface area contributed by atoms with Crippen molar-refractivity contribution in [3.63, 3.8) is 0 Å². The molecule has 1 aromatic carbocycles. The fourth-order valence-corrected chi connectivity index (χ4v) is 4.09. The first kappa shape index (κ1) is 17.2. The molecule has 1 saturated carbocycles. The molecule has 1 N–H and O–H groups in total. The Morgan fingerprint density at radius 1 is 1.32 bits per heavy atom. The highest BCUT2D eigenvalue weighted by molar-refractivity contribution is 6.06. The second-order valence-electron chi connectivity index (χ2n) is 7.98. The molecule has 1 fully saturated rings. The van der Waals surface area contributed by atoms with Crippen molar-refractivity contribution in [3.8, 4) is 5.75 Å². The lowest BCUT2D eigenvalue weighted by Crippen LogP contribution is -2.35. The van der Waals surface area contributed by atoms with Gasteiger partial charge in [-0.1, -0.05) is 18.2 Å². The smallest absolute Gasteiger partial charge is 0.252 e. The van der Waals surface area contributed by atoms with E-state index in [-0.39, 0.29) is 11.8 Å². The molecule has 1 amide bonds. The zero-order valence-corrected chi connectivity index (χ0v) is 16.2. The summed E-state index contributed by atoms with van der Waals surface area (Å²) in [4.78, 5) is 17.9. The third kappa shape index (κ3) is 3.03. The van der Waals surface area contributed by atoms with Crippen molar-refractivity contribution in [2.24, 2.45) is 13.0 Å². The number of rotatable bonds is 4. The third-order valence-corrected chi connectivity index (χ3v) is 5.74. The van der Waals surface area contributed by atoms with Gasteiger partial charge in [-0.2, -0.15) is 5.10 Å². The lowest BCUT2D eigenvalue weighted by atomic mass is 9.96. The van der Waals surface area contributed by atoms with Gasteiger partial charge >= 0.3 is 0 Å². The summed E-state index contributed by atoms with van der Waals surface area (Å²) in [5, 5.41) is 8.47. The second-order valence-corrected chi connectivity index (χ2v) is 7.98. The van der Waals surface area contributed by atoms with Gasteiger partial charge in [-0.3, -0.25) is 9.48 Å². The Kier molecular flexibility index (Phi) is 4.07. The number of carbonyl (C=O) groups excluding carboxylic acids is 1. The fourth-order valence-electron chi connectivity index (χ4n) is 4.09. The molecule has 6 heteroatoms. The minimum Gasteiger partial charge on any atom is -0.493 e. The largest absolute Gasteiger partial charge is 0.493 e. The second kappa shape index (κ2) is 6.62. The minimum atomic E-state index is -0.0516. The molecule has 0 radical (unpaired) electrons. The number of pyridine rings is 1. The summed E-state index contributed by atoms with van der Waals surface area (Å²) in [6, 6.07) is 10.1. The quantitative estimate of drug-likeness (QED) is 0.760. The molecular weight excluding hydrogens is 352 g/mol. The Morgan fingerprint density at radius 3 is 2.96 bits per heavy atom. The Morgan fingerprint density at radius 2 is 2.14 bits per heavy atom. The van der Waals surface area contributed by atoms with Crippen LogP contribution >= 0.6 is 0 Å². The first-order valence-electron chi connectivity index (χ1n) is 9.93. The number of amides is 1. The Hall–Kier alpha value is -2.89. The maximum atomic E-state index is 13.1. The standard InChI is InChI=1S/C22H24N4O2/c1-13-20-17(10-18(15-7-8-15)24-21(20)26(2)25-13)22(27)23-11-14-9-16-5-3-4-6-19(16)28-12-14/h3-6,10,14-15H,7-9,11-12H2,1-2H3,(H,23,27). The number of benzene rings is 1. The average molecular weight is 376 g/mol. The van der Waals surface area contributed by atoms with Crippen LogP contribution in [0.3, 0.4) is 0 Å². The first-order valence-corrected chi connectivity index (χ1v) is 9.93. The summed E-state index contributed by atoms with van der Waals surface area (Å²) in [7, 11) is 1.89. The number of carbonyl (C=O) groups is 1. The van der Waals surface area contributed by atoms with Crippen molar-refractivity contribution in [1.82, 2.24) is 20.1 Å². The van der Waals surface area contributed by atoms with E-state index in [1.807, 2.05) is 38.2 Å². The molecule has 0 spiro atoms. The number of ether oxygens (including phenoxy) is 1. The van der Waals surface area contributed by atoms with Crippen LogP contribution in [0.25, 0.3) is 11.0 Å². The van der Waals surface area contributed by atoms with Crippen LogP contribution in [0.15, 0.2) is 30.3 Å². The molecule has 5 rings (SSSR count). The maximum Gasteiger partial charge on any atom is 0.252 e. The van der Waals surface area contributed by atoms with E-state index in [2.05, 4.69) is 16.5 Å². The molecule has 1 aliphatic heterocycles. The molecule has 144 valence electrons. The monoisotopic (exact) mass is 376 g/mol. The summed E-state index contributed by atoms with van der Waals surface area (Å²) in [6.45, 7) is 3.15. The Bertz CT molecular complexity index is 1070. The number of aryl methyl sites for hydroxylation is 2. The van der Waals surface area contributed by atoms with Crippen LogP contribution < -0.4 is 10.1 Å². The molecule has 6 nitrogen and oxygen atoms in total. The van der Waals surface area contributed by atoms with Gasteiger partial charge in [0, 0.05) is 31.1 Å². The number of nitrogens with zero attached hydrogens (tertiary/aromatic N) is 3. The van der Waals surface area contributed by atoms with E-state index in [0.29, 0.717) is 24.6 Å². The Labute approximate surface area is 163 Å². The summed E-state index contributed by atoms with van der Waals surface area (Å²) >= 11 is 0. The van der Waals surface area contributed by atoms with Gasteiger partial charge in [0.1, 0.15) is 5.75 Å². The van der Waals surface area contributed by atoms with E-state index < -0.39 is 0 Å². The van der Waals surface area contributed by atoms with Crippen LogP contribution in [0.4, 0.5) is 0 Å². The molecule has 28 heavy (non-hydrogen) atoms. The van der Waals surface area contributed by atoms with Crippen LogP contribution in [0, 0.1) is 12.8 Å². The molecule has 1 atom stereocenters. The van der Waals surface area contributed by atoms with Gasteiger partial charge in [-0.15, -0.1) is 0 Å². The SMILES string of the molecule is Cc1nn(C)c2nc(C3CC3)cc(C(=O)NCC3COc4ccccc4C3)c12. The summed E-state index contributed by atoms with van der Waals surface area (Å²) in [5.41, 5.74) is 4.54. The summed E-state index contributed by atoms with van der Waals surface area (Å²) < 4.78 is 7.63. The van der Waals surface area contributed by atoms with Crippen LogP contribution in [0.2, 0.25) is 0 Å². The highest BCUT2D eigenvalue weighted by Crippen LogP contribution is 2.40. The van der Waals surface area contributed by atoms with Gasteiger partial charge in [0.2, 0.25) is 0 Å². The van der Waals surface area contributed by atoms with Gasteiger partial charge in [-0.25, -0.2) is 4.98 Å². The van der Waals surface area contributed by atoms with Gasteiger partial charge in [-0.05, 0) is 43.9 Å². The van der Waals surface area contributed by atoms with E-state index in [0.717, 1.165) is 47.4 Å². The van der Waals surface area contributed by atoms with Gasteiger partial charge in [0.05, 0.1) is 23.3 Å². The molecular formula is C22H24N4O2. The van der Waals surface area contributed by atoms with E-state index in [1.165, 1.54) is 5.56 Å². The number of nitrogens with one attached hydrogen (secondary N) is 1. The maximum absolute atomic E-state index is 13.1. The van der Waals surface area contributed by atoms with Crippen molar-refractivity contribution in [1.29, 1.82) is 0 Å². The van der Waals surface area contributed by atoms with Crippen LogP contribution in [-0.4, -0.2) is 33.8 Å². The van der Waals surface area contributed by atoms with E-state index in [1.54, 1.807) is 4.68 Å². The van der Waals surface area contributed by atoms with Crippen molar-refractivity contribution >= 4 is 16.9 Å². The van der Waals surface area contributed by atoms with Gasteiger partial charge < -0.3 is 10.1 Å². The Balaban J connectivity index is 1.37. The zero-order chi connectivity index (χ0) is 19.3. The van der Waals surface area contributed by atoms with Gasteiger partial charge in [0.15, 0.2) is 5.65 Å². The predicted octanol–water partition coefficient (Wildman–Crippen LogP) is 3.14. The van der Waals surface area contributed by atoms with Gasteiger partial charge in [0.25, 0.3) is 5.91 Å². The number of fused-ring (bicyclic) bond motifs is 2. The molecule has 3 heterocycles. The van der Waals surface area contributed by atoms with Crippen molar-refractivity contribution in [2.75, 3.05) is 13.2 Å². The third-order valence-electron chi connectivity index (χ3n) is 5.74. The fraction of sp³-hybridized carbons (Fsp3) is 0.409. The predicted molar refractivity (Wildman–Crippen MR) is 107 cm³/mol. The zero-order valence-electron chi connectivity index (χ0n) is 16.2. The normalized spacial score (nSPS) is 18.6. The molecule has 1 aliphatic carbocycles. The summed E-state index contributed by atoms with van der Waals surface area (Å²) in [6.07, 6.45) is 3.21. The molecule has 2 aromatic heterocycles. The number of hydrogen-bond donors (Lipinski definition) is 1. The van der Waals surface area contributed by atoms with E-state index >= 15 is 0 Å². The van der Waals surface area contributed by atoms with Crippen LogP contribution in [0.1, 0.15) is 46.1 Å². The van der Waals surface area contributed by atoms with E-state index in [4.69, 9.17) is 9.72 Å². The van der Waals surface area contributed by atoms with Crippen molar-refractivity contribution in [3.05, 3.63) is 52.8 Å². The average Bonchev–Trinajstić information content (AvgIpc) is 3.52. The van der Waals surface area contributed by atoms with Crippen LogP contribution in [0.5, 0.6) is 5.75 Å². The molecule has 3 aromatic rings. The summed E-state index contributed by atoms with van der Waals surface area (Å²) in [5.74, 6) is 1.66. The number of para-hydroxylation sites is 1. The number of hydrogen-bond acceptors (Lipinski definition) is 4. The molecule has 0 saturated heterocycles. The van der Waals surface area contributed by atoms with Crippen molar-refractivity contribution < 1.29 is 9.53 Å². The van der Waals surface area contributed by atoms with E-state index in [9.17, 15) is 4.79 Å². The first-order chi connectivity index (χ1) is 13.6. The molecule has 1 unspecified atom stereocenters. The van der Waals surface area contributed by atoms with Crippen molar-refractivity contribution in [2.45, 2.75) is 32.1 Å². The highest BCUT2D eigenvalue weighted by Gasteiger charge is 2.29.